The Balaban J connectivity index is 3.24. The summed E-state index contributed by atoms with van der Waals surface area (Å²) < 4.78 is 56.8. The molecule has 3 atom stereocenters. The van der Waals surface area contributed by atoms with E-state index in [4.69, 9.17) is 4.74 Å². The first-order valence-electron chi connectivity index (χ1n) is 6.17. The van der Waals surface area contributed by atoms with Crippen LogP contribution in [0, 0.1) is 11.7 Å². The summed E-state index contributed by atoms with van der Waals surface area (Å²) in [5.41, 5.74) is -3.21. The Morgan fingerprint density at radius 1 is 1.29 bits per heavy atom. The number of hydrogen-bond donors (Lipinski definition) is 1. The molecule has 3 nitrogen and oxygen atoms in total. The highest BCUT2D eigenvalue weighted by Gasteiger charge is 2.58. The van der Waals surface area contributed by atoms with Crippen LogP contribution in [0.3, 0.4) is 0 Å². The monoisotopic (exact) mass is 308 g/mol. The molecule has 1 N–H and O–H groups in total. The van der Waals surface area contributed by atoms with Crippen molar-refractivity contribution in [3.63, 3.8) is 0 Å². The molecule has 0 bridgehead atoms. The molecule has 0 amide bonds. The van der Waals surface area contributed by atoms with Crippen molar-refractivity contribution in [1.29, 1.82) is 0 Å². The second-order valence-electron chi connectivity index (χ2n) is 4.90. The van der Waals surface area contributed by atoms with Crippen LogP contribution in [-0.2, 0) is 4.79 Å². The van der Waals surface area contributed by atoms with Crippen molar-refractivity contribution in [3.05, 3.63) is 29.6 Å². The average molecular weight is 308 g/mol. The number of hydrogen-bond acceptors (Lipinski definition) is 3. The molecule has 1 aromatic carbocycles. The van der Waals surface area contributed by atoms with E-state index in [1.165, 1.54) is 20.1 Å². The van der Waals surface area contributed by atoms with Crippen molar-refractivity contribution in [1.82, 2.24) is 0 Å². The van der Waals surface area contributed by atoms with E-state index in [0.29, 0.717) is 0 Å². The summed E-state index contributed by atoms with van der Waals surface area (Å²) >= 11 is 0. The molecular weight excluding hydrogens is 292 g/mol. The Bertz CT molecular complexity index is 515. The standard InChI is InChI=1S/C14H16F4O3/c1-8(9(2)13(20,7-19)14(16,17)18)11-5-4-10(15)6-12(11)21-3/h4-9,20H,1-3H3. The number of halogens is 4. The summed E-state index contributed by atoms with van der Waals surface area (Å²) in [4.78, 5) is 10.8. The predicted molar refractivity (Wildman–Crippen MR) is 67.6 cm³/mol. The lowest BCUT2D eigenvalue weighted by Crippen LogP contribution is -2.53. The van der Waals surface area contributed by atoms with E-state index in [9.17, 15) is 27.5 Å². The van der Waals surface area contributed by atoms with Crippen LogP contribution in [0.4, 0.5) is 17.6 Å². The SMILES string of the molecule is COc1cc(F)ccc1C(C)C(C)C(O)(C=O)C(F)(F)F. The number of ether oxygens (including phenoxy) is 1. The molecule has 7 heteroatoms. The molecule has 0 aliphatic heterocycles. The van der Waals surface area contributed by atoms with Gasteiger partial charge in [-0.2, -0.15) is 13.2 Å². The van der Waals surface area contributed by atoms with Gasteiger partial charge in [0.1, 0.15) is 11.6 Å². The van der Waals surface area contributed by atoms with E-state index in [2.05, 4.69) is 0 Å². The van der Waals surface area contributed by atoms with Gasteiger partial charge >= 0.3 is 6.18 Å². The lowest BCUT2D eigenvalue weighted by atomic mass is 9.77. The normalized spacial score (nSPS) is 17.7. The van der Waals surface area contributed by atoms with Crippen LogP contribution >= 0.6 is 0 Å². The molecule has 21 heavy (non-hydrogen) atoms. The van der Waals surface area contributed by atoms with Crippen molar-refractivity contribution in [3.8, 4) is 5.75 Å². The lowest BCUT2D eigenvalue weighted by molar-refractivity contribution is -0.261. The van der Waals surface area contributed by atoms with Gasteiger partial charge < -0.3 is 9.84 Å². The zero-order valence-electron chi connectivity index (χ0n) is 11.7. The first-order chi connectivity index (χ1) is 9.58. The molecule has 0 saturated heterocycles. The van der Waals surface area contributed by atoms with Gasteiger partial charge in [0.25, 0.3) is 0 Å². The Labute approximate surface area is 119 Å². The smallest absolute Gasteiger partial charge is 0.424 e. The summed E-state index contributed by atoms with van der Waals surface area (Å²) in [5.74, 6) is -2.91. The fraction of sp³-hybridized carbons (Fsp3) is 0.500. The third kappa shape index (κ3) is 3.18. The number of alkyl halides is 3. The van der Waals surface area contributed by atoms with E-state index in [-0.39, 0.29) is 11.3 Å². The number of carbonyl (C=O) groups excluding carboxylic acids is 1. The zero-order valence-corrected chi connectivity index (χ0v) is 11.7. The van der Waals surface area contributed by atoms with Gasteiger partial charge in [0.05, 0.1) is 7.11 Å². The summed E-state index contributed by atoms with van der Waals surface area (Å²) in [6.45, 7) is 2.51. The summed E-state index contributed by atoms with van der Waals surface area (Å²) in [5, 5.41) is 9.67. The molecule has 0 saturated carbocycles. The van der Waals surface area contributed by atoms with Gasteiger partial charge in [-0.05, 0) is 17.5 Å². The first-order valence-corrected chi connectivity index (χ1v) is 6.17. The number of aliphatic hydroxyl groups is 1. The van der Waals surface area contributed by atoms with Crippen molar-refractivity contribution >= 4 is 6.29 Å². The molecule has 0 aliphatic rings. The molecule has 118 valence electrons. The highest BCUT2D eigenvalue weighted by atomic mass is 19.4. The minimum Gasteiger partial charge on any atom is -0.496 e. The highest BCUT2D eigenvalue weighted by Crippen LogP contribution is 2.43. The minimum atomic E-state index is -5.10. The minimum absolute atomic E-state index is 0.0600. The van der Waals surface area contributed by atoms with Gasteiger partial charge in [-0.25, -0.2) is 4.39 Å². The molecule has 0 aromatic heterocycles. The summed E-state index contributed by atoms with van der Waals surface area (Å²) in [7, 11) is 1.26. The van der Waals surface area contributed by atoms with Crippen LogP contribution in [0.2, 0.25) is 0 Å². The van der Waals surface area contributed by atoms with Crippen LogP contribution < -0.4 is 4.74 Å². The second kappa shape index (κ2) is 6.01. The largest absolute Gasteiger partial charge is 0.496 e. The fourth-order valence-electron chi connectivity index (χ4n) is 2.14. The highest BCUT2D eigenvalue weighted by molar-refractivity contribution is 5.64. The third-order valence-electron chi connectivity index (χ3n) is 3.76. The van der Waals surface area contributed by atoms with E-state index in [1.54, 1.807) is 0 Å². The van der Waals surface area contributed by atoms with Crippen molar-refractivity contribution in [2.45, 2.75) is 31.5 Å². The van der Waals surface area contributed by atoms with Gasteiger partial charge in [0.15, 0.2) is 6.29 Å². The van der Waals surface area contributed by atoms with Crippen LogP contribution in [0.25, 0.3) is 0 Å². The van der Waals surface area contributed by atoms with E-state index < -0.39 is 35.7 Å². The van der Waals surface area contributed by atoms with Crippen LogP contribution in [0.5, 0.6) is 5.75 Å². The molecule has 0 aliphatic carbocycles. The van der Waals surface area contributed by atoms with E-state index >= 15 is 0 Å². The predicted octanol–water partition coefficient (Wildman–Crippen LogP) is 3.07. The maximum absolute atomic E-state index is 13.1. The number of carbonyl (C=O) groups is 1. The third-order valence-corrected chi connectivity index (χ3v) is 3.76. The molecule has 3 unspecified atom stereocenters. The van der Waals surface area contributed by atoms with Gasteiger partial charge in [-0.3, -0.25) is 4.79 Å². The zero-order chi connectivity index (χ0) is 16.4. The van der Waals surface area contributed by atoms with Crippen LogP contribution in [0.15, 0.2) is 18.2 Å². The van der Waals surface area contributed by atoms with Gasteiger partial charge in [0.2, 0.25) is 5.60 Å². The number of rotatable bonds is 5. The first kappa shape index (κ1) is 17.4. The Kier molecular flexibility index (Phi) is 4.99. The molecule has 0 fully saturated rings. The van der Waals surface area contributed by atoms with Crippen LogP contribution in [0.1, 0.15) is 25.3 Å². The fourth-order valence-corrected chi connectivity index (χ4v) is 2.14. The molecule has 0 spiro atoms. The Morgan fingerprint density at radius 3 is 2.29 bits per heavy atom. The van der Waals surface area contributed by atoms with E-state index in [0.717, 1.165) is 19.1 Å². The maximum Gasteiger partial charge on any atom is 0.424 e. The Hall–Kier alpha value is -1.63. The number of methoxy groups -OCH3 is 1. The quantitative estimate of drug-likeness (QED) is 0.672. The second-order valence-corrected chi connectivity index (χ2v) is 4.90. The van der Waals surface area contributed by atoms with Crippen molar-refractivity contribution < 1.29 is 32.2 Å². The molecule has 1 aromatic rings. The van der Waals surface area contributed by atoms with Gasteiger partial charge in [-0.15, -0.1) is 0 Å². The van der Waals surface area contributed by atoms with Gasteiger partial charge in [0, 0.05) is 12.0 Å². The molecule has 0 heterocycles. The topological polar surface area (TPSA) is 46.5 Å². The number of benzene rings is 1. The van der Waals surface area contributed by atoms with Gasteiger partial charge in [-0.1, -0.05) is 19.9 Å². The average Bonchev–Trinajstić information content (AvgIpc) is 2.43. The number of aldehydes is 1. The summed E-state index contributed by atoms with van der Waals surface area (Å²) in [6, 6.07) is 3.39. The van der Waals surface area contributed by atoms with Crippen LogP contribution in [-0.4, -0.2) is 30.3 Å². The molecular formula is C14H16F4O3. The van der Waals surface area contributed by atoms with E-state index in [1.807, 2.05) is 0 Å². The molecule has 0 radical (unpaired) electrons. The Morgan fingerprint density at radius 2 is 1.86 bits per heavy atom. The maximum atomic E-state index is 13.1. The van der Waals surface area contributed by atoms with Crippen molar-refractivity contribution in [2.75, 3.05) is 7.11 Å². The lowest BCUT2D eigenvalue weighted by Gasteiger charge is -2.35. The van der Waals surface area contributed by atoms with Crippen molar-refractivity contribution in [2.24, 2.45) is 5.92 Å². The molecule has 1 rings (SSSR count). The summed E-state index contributed by atoms with van der Waals surface area (Å²) in [6.07, 6.45) is -5.61.